The SMILES string of the molecule is CC(N)c1ccc(N2CCC(N(C)C)C2)nc1. The smallest absolute Gasteiger partial charge is 0.128 e. The van der Waals surface area contributed by atoms with Crippen molar-refractivity contribution in [3.8, 4) is 0 Å². The van der Waals surface area contributed by atoms with Crippen LogP contribution >= 0.6 is 0 Å². The van der Waals surface area contributed by atoms with Gasteiger partial charge in [0.15, 0.2) is 0 Å². The second kappa shape index (κ2) is 5.02. The van der Waals surface area contributed by atoms with Crippen molar-refractivity contribution < 1.29 is 0 Å². The van der Waals surface area contributed by atoms with E-state index in [0.29, 0.717) is 6.04 Å². The van der Waals surface area contributed by atoms with Crippen LogP contribution in [0.1, 0.15) is 24.9 Å². The van der Waals surface area contributed by atoms with Gasteiger partial charge in [0.1, 0.15) is 5.82 Å². The van der Waals surface area contributed by atoms with E-state index in [9.17, 15) is 0 Å². The number of nitrogens with zero attached hydrogens (tertiary/aromatic N) is 3. The number of anilines is 1. The maximum absolute atomic E-state index is 5.82. The summed E-state index contributed by atoms with van der Waals surface area (Å²) in [4.78, 5) is 9.13. The standard InChI is InChI=1S/C13H22N4/c1-10(14)11-4-5-13(15-8-11)17-7-6-12(9-17)16(2)3/h4-5,8,10,12H,6-7,9,14H2,1-3H3. The van der Waals surface area contributed by atoms with Gasteiger partial charge in [-0.3, -0.25) is 0 Å². The molecule has 1 aliphatic heterocycles. The first-order valence-electron chi connectivity index (χ1n) is 6.21. The molecule has 2 atom stereocenters. The second-order valence-electron chi connectivity index (χ2n) is 5.09. The van der Waals surface area contributed by atoms with Gasteiger partial charge in [-0.2, -0.15) is 0 Å². The zero-order valence-electron chi connectivity index (χ0n) is 10.9. The van der Waals surface area contributed by atoms with E-state index >= 15 is 0 Å². The summed E-state index contributed by atoms with van der Waals surface area (Å²) in [5.41, 5.74) is 6.91. The van der Waals surface area contributed by atoms with E-state index in [1.165, 1.54) is 6.42 Å². The van der Waals surface area contributed by atoms with Crippen molar-refractivity contribution in [3.63, 3.8) is 0 Å². The first-order chi connectivity index (χ1) is 8.08. The number of nitrogens with two attached hydrogens (primary N) is 1. The minimum absolute atomic E-state index is 0.0599. The van der Waals surface area contributed by atoms with Gasteiger partial charge in [0.25, 0.3) is 0 Å². The van der Waals surface area contributed by atoms with Gasteiger partial charge >= 0.3 is 0 Å². The Morgan fingerprint density at radius 2 is 2.24 bits per heavy atom. The Morgan fingerprint density at radius 3 is 2.71 bits per heavy atom. The highest BCUT2D eigenvalue weighted by molar-refractivity contribution is 5.41. The van der Waals surface area contributed by atoms with E-state index in [0.717, 1.165) is 24.5 Å². The van der Waals surface area contributed by atoms with E-state index in [1.807, 2.05) is 13.1 Å². The Hall–Kier alpha value is -1.13. The lowest BCUT2D eigenvalue weighted by atomic mass is 10.1. The van der Waals surface area contributed by atoms with Crippen LogP contribution in [0.15, 0.2) is 18.3 Å². The molecular formula is C13H22N4. The average Bonchev–Trinajstić information content (AvgIpc) is 2.78. The van der Waals surface area contributed by atoms with Gasteiger partial charge in [-0.15, -0.1) is 0 Å². The molecule has 4 nitrogen and oxygen atoms in total. The lowest BCUT2D eigenvalue weighted by molar-refractivity contribution is 0.315. The summed E-state index contributed by atoms with van der Waals surface area (Å²) in [5, 5.41) is 0. The summed E-state index contributed by atoms with van der Waals surface area (Å²) in [5.74, 6) is 1.07. The minimum atomic E-state index is 0.0599. The first-order valence-corrected chi connectivity index (χ1v) is 6.21. The highest BCUT2D eigenvalue weighted by atomic mass is 15.3. The van der Waals surface area contributed by atoms with Crippen molar-refractivity contribution in [2.75, 3.05) is 32.1 Å². The maximum atomic E-state index is 5.82. The fraction of sp³-hybridized carbons (Fsp3) is 0.615. The predicted octanol–water partition coefficient (Wildman–Crippen LogP) is 1.24. The second-order valence-corrected chi connectivity index (χ2v) is 5.09. The highest BCUT2D eigenvalue weighted by Gasteiger charge is 2.24. The molecule has 0 aliphatic carbocycles. The Kier molecular flexibility index (Phi) is 3.64. The molecule has 1 aromatic heterocycles. The highest BCUT2D eigenvalue weighted by Crippen LogP contribution is 2.21. The molecule has 1 aromatic rings. The largest absolute Gasteiger partial charge is 0.355 e. The number of likely N-dealkylation sites (N-methyl/N-ethyl adjacent to an activating group) is 1. The van der Waals surface area contributed by atoms with Crippen LogP contribution in [-0.4, -0.2) is 43.1 Å². The van der Waals surface area contributed by atoms with Crippen LogP contribution in [0.4, 0.5) is 5.82 Å². The lowest BCUT2D eigenvalue weighted by Gasteiger charge is -2.21. The summed E-state index contributed by atoms with van der Waals surface area (Å²) in [6.07, 6.45) is 3.10. The average molecular weight is 234 g/mol. The van der Waals surface area contributed by atoms with Crippen LogP contribution in [0.3, 0.4) is 0 Å². The van der Waals surface area contributed by atoms with E-state index in [4.69, 9.17) is 5.73 Å². The van der Waals surface area contributed by atoms with Crippen LogP contribution in [0.2, 0.25) is 0 Å². The molecular weight excluding hydrogens is 212 g/mol. The third-order valence-corrected chi connectivity index (χ3v) is 3.51. The van der Waals surface area contributed by atoms with Gasteiger partial charge in [-0.05, 0) is 39.1 Å². The fourth-order valence-electron chi connectivity index (χ4n) is 2.23. The molecule has 0 saturated carbocycles. The predicted molar refractivity (Wildman–Crippen MR) is 71.1 cm³/mol. The van der Waals surface area contributed by atoms with Crippen molar-refractivity contribution in [2.45, 2.75) is 25.4 Å². The van der Waals surface area contributed by atoms with Gasteiger partial charge < -0.3 is 15.5 Å². The van der Waals surface area contributed by atoms with Gasteiger partial charge in [0.2, 0.25) is 0 Å². The normalized spacial score (nSPS) is 22.2. The van der Waals surface area contributed by atoms with Crippen LogP contribution in [0, 0.1) is 0 Å². The van der Waals surface area contributed by atoms with Crippen LogP contribution in [0.5, 0.6) is 0 Å². The Labute approximate surface area is 103 Å². The number of hydrogen-bond acceptors (Lipinski definition) is 4. The molecule has 2 heterocycles. The molecule has 1 fully saturated rings. The van der Waals surface area contributed by atoms with Gasteiger partial charge in [-0.25, -0.2) is 4.98 Å². The minimum Gasteiger partial charge on any atom is -0.355 e. The van der Waals surface area contributed by atoms with Crippen molar-refractivity contribution in [1.29, 1.82) is 0 Å². The van der Waals surface area contributed by atoms with Crippen molar-refractivity contribution in [1.82, 2.24) is 9.88 Å². The van der Waals surface area contributed by atoms with E-state index in [1.54, 1.807) is 0 Å². The Morgan fingerprint density at radius 1 is 1.47 bits per heavy atom. The molecule has 1 aliphatic rings. The summed E-state index contributed by atoms with van der Waals surface area (Å²) in [6, 6.07) is 4.86. The van der Waals surface area contributed by atoms with E-state index in [2.05, 4.69) is 41.0 Å². The monoisotopic (exact) mass is 234 g/mol. The molecule has 0 radical (unpaired) electrons. The first kappa shape index (κ1) is 12.3. The summed E-state index contributed by atoms with van der Waals surface area (Å²) in [7, 11) is 4.28. The van der Waals surface area contributed by atoms with Crippen molar-refractivity contribution >= 4 is 5.82 Å². The molecule has 17 heavy (non-hydrogen) atoms. The molecule has 0 bridgehead atoms. The zero-order chi connectivity index (χ0) is 12.4. The quantitative estimate of drug-likeness (QED) is 0.855. The number of rotatable bonds is 3. The van der Waals surface area contributed by atoms with Gasteiger partial charge in [0, 0.05) is 31.4 Å². The summed E-state index contributed by atoms with van der Waals surface area (Å²) in [6.45, 7) is 4.14. The molecule has 0 aromatic carbocycles. The van der Waals surface area contributed by atoms with Gasteiger partial charge in [-0.1, -0.05) is 6.07 Å². The number of aromatic nitrogens is 1. The number of pyridine rings is 1. The van der Waals surface area contributed by atoms with Crippen molar-refractivity contribution in [2.24, 2.45) is 5.73 Å². The van der Waals surface area contributed by atoms with Crippen LogP contribution in [-0.2, 0) is 0 Å². The third-order valence-electron chi connectivity index (χ3n) is 3.51. The Balaban J connectivity index is 2.04. The van der Waals surface area contributed by atoms with Crippen LogP contribution < -0.4 is 10.6 Å². The van der Waals surface area contributed by atoms with E-state index in [-0.39, 0.29) is 6.04 Å². The molecule has 94 valence electrons. The van der Waals surface area contributed by atoms with E-state index < -0.39 is 0 Å². The topological polar surface area (TPSA) is 45.4 Å². The molecule has 2 N–H and O–H groups in total. The summed E-state index contributed by atoms with van der Waals surface area (Å²) >= 11 is 0. The fourth-order valence-corrected chi connectivity index (χ4v) is 2.23. The summed E-state index contributed by atoms with van der Waals surface area (Å²) < 4.78 is 0. The molecule has 0 amide bonds. The maximum Gasteiger partial charge on any atom is 0.128 e. The lowest BCUT2D eigenvalue weighted by Crippen LogP contribution is -2.31. The number of hydrogen-bond donors (Lipinski definition) is 1. The molecule has 4 heteroatoms. The van der Waals surface area contributed by atoms with Crippen molar-refractivity contribution in [3.05, 3.63) is 23.9 Å². The zero-order valence-corrected chi connectivity index (χ0v) is 10.9. The molecule has 2 rings (SSSR count). The van der Waals surface area contributed by atoms with Gasteiger partial charge in [0.05, 0.1) is 0 Å². The third kappa shape index (κ3) is 2.76. The van der Waals surface area contributed by atoms with Crippen LogP contribution in [0.25, 0.3) is 0 Å². The molecule has 1 saturated heterocycles. The Bertz CT molecular complexity index is 358. The molecule has 2 unspecified atom stereocenters. The molecule has 0 spiro atoms.